The predicted molar refractivity (Wildman–Crippen MR) is 128 cm³/mol. The van der Waals surface area contributed by atoms with Crippen LogP contribution in [0.25, 0.3) is 0 Å². The van der Waals surface area contributed by atoms with Gasteiger partial charge in [-0.1, -0.05) is 31.0 Å². The molecule has 2 heterocycles. The number of nitrogens with two attached hydrogens (primary N) is 1. The normalized spacial score (nSPS) is 14.3. The van der Waals surface area contributed by atoms with Gasteiger partial charge in [-0.15, -0.1) is 11.8 Å². The second kappa shape index (κ2) is 11.2. The summed E-state index contributed by atoms with van der Waals surface area (Å²) in [5.41, 5.74) is 8.77. The van der Waals surface area contributed by atoms with Crippen molar-refractivity contribution in [2.24, 2.45) is 0 Å². The smallest absolute Gasteiger partial charge is 0.143 e. The Kier molecular flexibility index (Phi) is 8.43. The first-order chi connectivity index (χ1) is 15.1. The number of anilines is 2. The van der Waals surface area contributed by atoms with Crippen molar-refractivity contribution in [1.82, 2.24) is 9.88 Å². The van der Waals surface area contributed by atoms with Crippen molar-refractivity contribution >= 4 is 34.9 Å². The van der Waals surface area contributed by atoms with E-state index < -0.39 is 0 Å². The highest BCUT2D eigenvalue weighted by molar-refractivity contribution is 7.99. The quantitative estimate of drug-likeness (QED) is 0.469. The third-order valence-electron chi connectivity index (χ3n) is 5.42. The summed E-state index contributed by atoms with van der Waals surface area (Å²) >= 11 is 7.67. The largest absolute Gasteiger partial charge is 0.383 e. The van der Waals surface area contributed by atoms with E-state index in [1.165, 1.54) is 5.69 Å². The van der Waals surface area contributed by atoms with Gasteiger partial charge in [0.2, 0.25) is 0 Å². The number of aromatic nitrogens is 1. The average Bonchev–Trinajstić information content (AvgIpc) is 2.77. The average molecular weight is 455 g/mol. The van der Waals surface area contributed by atoms with Crippen molar-refractivity contribution in [3.05, 3.63) is 46.0 Å². The van der Waals surface area contributed by atoms with Crippen LogP contribution in [0.15, 0.2) is 29.3 Å². The third-order valence-corrected chi connectivity index (χ3v) is 6.72. The lowest BCUT2D eigenvalue weighted by Gasteiger charge is -2.36. The van der Waals surface area contributed by atoms with E-state index in [-0.39, 0.29) is 5.82 Å². The number of nitriles is 2. The van der Waals surface area contributed by atoms with Gasteiger partial charge < -0.3 is 10.6 Å². The summed E-state index contributed by atoms with van der Waals surface area (Å²) in [6.07, 6.45) is 2.50. The molecule has 0 bridgehead atoms. The van der Waals surface area contributed by atoms with Crippen molar-refractivity contribution in [2.75, 3.05) is 49.1 Å². The first kappa shape index (κ1) is 23.2. The maximum atomic E-state index is 9.66. The van der Waals surface area contributed by atoms with Crippen molar-refractivity contribution in [3.8, 4) is 12.1 Å². The molecule has 0 amide bonds. The molecule has 0 spiro atoms. The van der Waals surface area contributed by atoms with E-state index in [1.807, 2.05) is 25.1 Å². The minimum absolute atomic E-state index is 0.226. The number of rotatable bonds is 8. The zero-order valence-corrected chi connectivity index (χ0v) is 19.3. The van der Waals surface area contributed by atoms with Crippen molar-refractivity contribution < 1.29 is 0 Å². The molecule has 6 nitrogen and oxygen atoms in total. The summed E-state index contributed by atoms with van der Waals surface area (Å²) in [6.45, 7) is 7.04. The molecular weight excluding hydrogens is 428 g/mol. The van der Waals surface area contributed by atoms with Crippen molar-refractivity contribution in [1.29, 1.82) is 10.5 Å². The molecule has 31 heavy (non-hydrogen) atoms. The highest BCUT2D eigenvalue weighted by Crippen LogP contribution is 2.30. The lowest BCUT2D eigenvalue weighted by molar-refractivity contribution is 0.259. The zero-order chi connectivity index (χ0) is 22.2. The molecular formula is C23H27ClN6S. The molecule has 1 aliphatic heterocycles. The van der Waals surface area contributed by atoms with E-state index in [2.05, 4.69) is 33.0 Å². The van der Waals surface area contributed by atoms with Crippen LogP contribution in [-0.4, -0.2) is 48.4 Å². The van der Waals surface area contributed by atoms with Gasteiger partial charge in [0.25, 0.3) is 0 Å². The Morgan fingerprint density at radius 3 is 2.55 bits per heavy atom. The van der Waals surface area contributed by atoms with E-state index >= 15 is 0 Å². The maximum Gasteiger partial charge on any atom is 0.143 e. The molecule has 1 saturated heterocycles. The Morgan fingerprint density at radius 1 is 1.16 bits per heavy atom. The number of piperazine rings is 1. The lowest BCUT2D eigenvalue weighted by atomic mass is 10.0. The van der Waals surface area contributed by atoms with E-state index in [0.717, 1.165) is 61.9 Å². The standard InChI is InChI=1S/C23H27ClN6S/c1-2-5-19-20(15-25)22(27)28-23(21(19)16-26)31-13-4-8-29-9-11-30(12-10-29)18-7-3-6-17(24)14-18/h3,6-7,14H,2,4-5,8-13H2,1H3,(H2,27,28). The summed E-state index contributed by atoms with van der Waals surface area (Å²) in [5.74, 6) is 1.08. The van der Waals surface area contributed by atoms with Crippen LogP contribution in [0.1, 0.15) is 36.5 Å². The second-order valence-electron chi connectivity index (χ2n) is 7.51. The Morgan fingerprint density at radius 2 is 1.90 bits per heavy atom. The van der Waals surface area contributed by atoms with Gasteiger partial charge in [-0.3, -0.25) is 4.90 Å². The molecule has 8 heteroatoms. The van der Waals surface area contributed by atoms with Crippen LogP contribution in [0.3, 0.4) is 0 Å². The molecule has 162 valence electrons. The van der Waals surface area contributed by atoms with Crippen LogP contribution in [0, 0.1) is 22.7 Å². The summed E-state index contributed by atoms with van der Waals surface area (Å²) in [4.78, 5) is 9.20. The van der Waals surface area contributed by atoms with Crippen LogP contribution < -0.4 is 10.6 Å². The molecule has 0 unspecified atom stereocenters. The van der Waals surface area contributed by atoms with E-state index in [0.29, 0.717) is 22.6 Å². The SMILES string of the molecule is CCCc1c(C#N)c(N)nc(SCCCN2CCN(c3cccc(Cl)c3)CC2)c1C#N. The Hall–Kier alpha value is -2.45. The van der Waals surface area contributed by atoms with E-state index in [1.54, 1.807) is 11.8 Å². The van der Waals surface area contributed by atoms with Gasteiger partial charge in [-0.05, 0) is 43.1 Å². The van der Waals surface area contributed by atoms with Crippen LogP contribution in [-0.2, 0) is 6.42 Å². The summed E-state index contributed by atoms with van der Waals surface area (Å²) in [7, 11) is 0. The number of thioether (sulfide) groups is 1. The van der Waals surface area contributed by atoms with Crippen LogP contribution in [0.2, 0.25) is 5.02 Å². The number of hydrogen-bond acceptors (Lipinski definition) is 7. The van der Waals surface area contributed by atoms with Crippen LogP contribution in [0.4, 0.5) is 11.5 Å². The van der Waals surface area contributed by atoms with Gasteiger partial charge in [0, 0.05) is 42.6 Å². The molecule has 1 fully saturated rings. The monoisotopic (exact) mass is 454 g/mol. The maximum absolute atomic E-state index is 9.66. The summed E-state index contributed by atoms with van der Waals surface area (Å²) in [5, 5.41) is 20.5. The molecule has 1 aromatic heterocycles. The van der Waals surface area contributed by atoms with Gasteiger partial charge in [0.15, 0.2) is 0 Å². The highest BCUT2D eigenvalue weighted by atomic mass is 35.5. The molecule has 1 aliphatic rings. The fraction of sp³-hybridized carbons (Fsp3) is 0.435. The first-order valence-corrected chi connectivity index (χ1v) is 11.9. The molecule has 2 N–H and O–H groups in total. The zero-order valence-electron chi connectivity index (χ0n) is 17.8. The summed E-state index contributed by atoms with van der Waals surface area (Å²) in [6, 6.07) is 12.4. The molecule has 1 aromatic carbocycles. The molecule has 0 saturated carbocycles. The topological polar surface area (TPSA) is 93.0 Å². The number of halogens is 1. The van der Waals surface area contributed by atoms with Crippen molar-refractivity contribution in [3.63, 3.8) is 0 Å². The molecule has 0 radical (unpaired) electrons. The Balaban J connectivity index is 1.51. The van der Waals surface area contributed by atoms with E-state index in [9.17, 15) is 10.5 Å². The summed E-state index contributed by atoms with van der Waals surface area (Å²) < 4.78 is 0. The van der Waals surface area contributed by atoms with Gasteiger partial charge in [0.1, 0.15) is 23.0 Å². The number of benzene rings is 1. The molecule has 3 rings (SSSR count). The van der Waals surface area contributed by atoms with E-state index in [4.69, 9.17) is 17.3 Å². The Labute approximate surface area is 193 Å². The number of nitrogens with zero attached hydrogens (tertiary/aromatic N) is 5. The van der Waals surface area contributed by atoms with Gasteiger partial charge in [-0.2, -0.15) is 10.5 Å². The highest BCUT2D eigenvalue weighted by Gasteiger charge is 2.19. The minimum Gasteiger partial charge on any atom is -0.383 e. The predicted octanol–water partition coefficient (Wildman–Crippen LogP) is 4.32. The third kappa shape index (κ3) is 5.83. The fourth-order valence-corrected chi connectivity index (χ4v) is 4.96. The number of pyridine rings is 1. The van der Waals surface area contributed by atoms with Gasteiger partial charge in [-0.25, -0.2) is 4.98 Å². The first-order valence-electron chi connectivity index (χ1n) is 10.6. The van der Waals surface area contributed by atoms with Crippen LogP contribution >= 0.6 is 23.4 Å². The van der Waals surface area contributed by atoms with Crippen molar-refractivity contribution in [2.45, 2.75) is 31.2 Å². The molecule has 2 aromatic rings. The number of nitrogen functional groups attached to an aromatic ring is 1. The molecule has 0 aliphatic carbocycles. The van der Waals surface area contributed by atoms with Gasteiger partial charge >= 0.3 is 0 Å². The van der Waals surface area contributed by atoms with Gasteiger partial charge in [0.05, 0.1) is 11.1 Å². The lowest BCUT2D eigenvalue weighted by Crippen LogP contribution is -2.46. The molecule has 0 atom stereocenters. The Bertz CT molecular complexity index is 989. The second-order valence-corrected chi connectivity index (χ2v) is 9.03. The minimum atomic E-state index is 0.226. The fourth-order valence-electron chi connectivity index (χ4n) is 3.83. The number of hydrogen-bond donors (Lipinski definition) is 1. The van der Waals surface area contributed by atoms with Crippen LogP contribution in [0.5, 0.6) is 0 Å².